The van der Waals surface area contributed by atoms with Crippen molar-refractivity contribution in [2.75, 3.05) is 0 Å². The Hall–Kier alpha value is -5.99. The first-order valence-corrected chi connectivity index (χ1v) is 18.0. The molecule has 0 N–H and O–H groups in total. The molecular formula is C44H29AlN4. The van der Waals surface area contributed by atoms with Crippen molar-refractivity contribution in [1.82, 2.24) is 7.10 Å². The Kier molecular flexibility index (Phi) is 6.48. The summed E-state index contributed by atoms with van der Waals surface area (Å²) in [4.78, 5) is 10.9. The molecule has 0 amide bonds. The molecule has 6 heterocycles. The van der Waals surface area contributed by atoms with Crippen LogP contribution in [0.15, 0.2) is 191 Å². The second-order valence-corrected chi connectivity index (χ2v) is 14.1. The SMILES string of the molecule is C1=CC2=C(c3ccccc3)c3ccc4[n]3[AlH][n]3c(ccc3=C(c3ccccc3)C3=NC(=C4c4ccccc4)C=C3)=C(c3ccccc3)C1=N2. The zero-order valence-corrected chi connectivity index (χ0v) is 28.1. The molecule has 0 fully saturated rings. The lowest BCUT2D eigenvalue weighted by Crippen LogP contribution is -2.40. The summed E-state index contributed by atoms with van der Waals surface area (Å²) in [5, 5.41) is 2.35. The molecular weight excluding hydrogens is 611 g/mol. The number of rotatable bonds is 4. The topological polar surface area (TPSA) is 34.6 Å². The van der Waals surface area contributed by atoms with Crippen LogP contribution in [0.5, 0.6) is 0 Å². The first-order chi connectivity index (χ1) is 24.3. The van der Waals surface area contributed by atoms with Crippen molar-refractivity contribution in [2.45, 2.75) is 0 Å². The van der Waals surface area contributed by atoms with Crippen molar-refractivity contribution in [3.05, 3.63) is 226 Å². The third-order valence-corrected chi connectivity index (χ3v) is 11.8. The van der Waals surface area contributed by atoms with Crippen LogP contribution in [0.1, 0.15) is 33.6 Å². The van der Waals surface area contributed by atoms with Crippen LogP contribution in [0.25, 0.3) is 22.3 Å². The van der Waals surface area contributed by atoms with Gasteiger partial charge >= 0.3 is 15.7 Å². The minimum Gasteiger partial charge on any atom is -0.417 e. The molecule has 6 aromatic rings. The van der Waals surface area contributed by atoms with Crippen LogP contribution in [0, 0.1) is 0 Å². The van der Waals surface area contributed by atoms with Gasteiger partial charge in [0, 0.05) is 44.4 Å². The minimum atomic E-state index is -1.28. The molecule has 4 aliphatic heterocycles. The molecule has 0 atom stereocenters. The highest BCUT2D eigenvalue weighted by molar-refractivity contribution is 6.37. The number of fused-ring (bicyclic) bond motifs is 2. The van der Waals surface area contributed by atoms with E-state index in [0.29, 0.717) is 0 Å². The second-order valence-electron chi connectivity index (χ2n) is 12.6. The lowest BCUT2D eigenvalue weighted by atomic mass is 10.0. The molecule has 49 heavy (non-hydrogen) atoms. The number of allylic oxidation sites excluding steroid dienone is 4. The van der Waals surface area contributed by atoms with E-state index in [1.807, 2.05) is 0 Å². The molecule has 2 aromatic heterocycles. The van der Waals surface area contributed by atoms with E-state index in [-0.39, 0.29) is 0 Å². The molecule has 0 saturated heterocycles. The van der Waals surface area contributed by atoms with E-state index in [2.05, 4.69) is 177 Å². The van der Waals surface area contributed by atoms with Gasteiger partial charge in [-0.15, -0.1) is 0 Å². The summed E-state index contributed by atoms with van der Waals surface area (Å²) < 4.78 is 5.23. The zero-order valence-electron chi connectivity index (χ0n) is 26.7. The molecule has 6 bridgehead atoms. The van der Waals surface area contributed by atoms with Gasteiger partial charge in [-0.1, -0.05) is 121 Å². The molecule has 5 heteroatoms. The first-order valence-electron chi connectivity index (χ1n) is 16.7. The fourth-order valence-corrected chi connectivity index (χ4v) is 9.61. The number of benzene rings is 4. The predicted molar refractivity (Wildman–Crippen MR) is 202 cm³/mol. The van der Waals surface area contributed by atoms with E-state index in [1.165, 1.54) is 22.1 Å². The van der Waals surface area contributed by atoms with Gasteiger partial charge in [0.2, 0.25) is 0 Å². The van der Waals surface area contributed by atoms with E-state index in [1.54, 1.807) is 0 Å². The lowest BCUT2D eigenvalue weighted by molar-refractivity contribution is 1.02. The number of aromatic nitrogens is 2. The van der Waals surface area contributed by atoms with Crippen LogP contribution < -0.4 is 10.7 Å². The number of aliphatic imine (C=N–C) groups is 2. The maximum atomic E-state index is 5.45. The van der Waals surface area contributed by atoms with Crippen molar-refractivity contribution in [1.29, 1.82) is 0 Å². The Balaban J connectivity index is 1.43. The lowest BCUT2D eigenvalue weighted by Gasteiger charge is -2.22. The quantitative estimate of drug-likeness (QED) is 0.188. The molecule has 4 aromatic carbocycles. The summed E-state index contributed by atoms with van der Waals surface area (Å²) in [6, 6.07) is 52.2. The predicted octanol–water partition coefficient (Wildman–Crippen LogP) is 6.92. The van der Waals surface area contributed by atoms with Crippen molar-refractivity contribution in [2.24, 2.45) is 9.98 Å². The summed E-state index contributed by atoms with van der Waals surface area (Å²) in [5.74, 6) is 0. The smallest absolute Gasteiger partial charge is 0.417 e. The minimum absolute atomic E-state index is 0.980. The Morgan fingerprint density at radius 3 is 1.10 bits per heavy atom. The molecule has 4 aliphatic rings. The van der Waals surface area contributed by atoms with E-state index < -0.39 is 15.7 Å². The second kappa shape index (κ2) is 11.3. The zero-order chi connectivity index (χ0) is 32.3. The van der Waals surface area contributed by atoms with Gasteiger partial charge in [-0.3, -0.25) is 0 Å². The molecule has 0 radical (unpaired) electrons. The highest BCUT2D eigenvalue weighted by Crippen LogP contribution is 2.38. The summed E-state index contributed by atoms with van der Waals surface area (Å²) in [5.41, 5.74) is 15.4. The third-order valence-electron chi connectivity index (χ3n) is 9.82. The van der Waals surface area contributed by atoms with Gasteiger partial charge in [-0.05, 0) is 70.8 Å². The van der Waals surface area contributed by atoms with E-state index >= 15 is 0 Å². The number of nitrogens with zero attached hydrogens (tertiary/aromatic N) is 4. The number of hydrogen-bond donors (Lipinski definition) is 0. The van der Waals surface area contributed by atoms with Crippen LogP contribution >= 0.6 is 0 Å². The van der Waals surface area contributed by atoms with Gasteiger partial charge in [0.15, 0.2) is 0 Å². The van der Waals surface area contributed by atoms with Crippen molar-refractivity contribution in [3.8, 4) is 0 Å². The average molecular weight is 641 g/mol. The first kappa shape index (κ1) is 28.1. The van der Waals surface area contributed by atoms with Crippen LogP contribution in [0.4, 0.5) is 0 Å². The highest BCUT2D eigenvalue weighted by Gasteiger charge is 2.29. The van der Waals surface area contributed by atoms with E-state index in [4.69, 9.17) is 9.98 Å². The van der Waals surface area contributed by atoms with Crippen LogP contribution in [0.2, 0.25) is 0 Å². The van der Waals surface area contributed by atoms with E-state index in [9.17, 15) is 0 Å². The van der Waals surface area contributed by atoms with Gasteiger partial charge in [-0.2, -0.15) is 0 Å². The molecule has 0 spiro atoms. The fourth-order valence-electron chi connectivity index (χ4n) is 7.66. The Bertz CT molecular complexity index is 2450. The molecule has 4 nitrogen and oxygen atoms in total. The molecule has 0 unspecified atom stereocenters. The van der Waals surface area contributed by atoms with Gasteiger partial charge in [0.25, 0.3) is 0 Å². The molecule has 228 valence electrons. The summed E-state index contributed by atoms with van der Waals surface area (Å²) in [6.45, 7) is 0. The fraction of sp³-hybridized carbons (Fsp3) is 0. The average Bonchev–Trinajstić information content (AvgIpc) is 3.98. The molecule has 10 rings (SSSR count). The van der Waals surface area contributed by atoms with Crippen LogP contribution in [0.3, 0.4) is 0 Å². The highest BCUT2D eigenvalue weighted by atomic mass is 27.1. The summed E-state index contributed by atoms with van der Waals surface area (Å²) in [6.07, 6.45) is 8.80. The third kappa shape index (κ3) is 4.52. The van der Waals surface area contributed by atoms with Crippen LogP contribution in [-0.2, 0) is 0 Å². The van der Waals surface area contributed by atoms with E-state index in [0.717, 1.165) is 67.4 Å². The Morgan fingerprint density at radius 2 is 0.714 bits per heavy atom. The maximum Gasteiger partial charge on any atom is 0.558 e. The van der Waals surface area contributed by atoms with Gasteiger partial charge in [0.05, 0.1) is 22.8 Å². The summed E-state index contributed by atoms with van der Waals surface area (Å²) >= 11 is -1.28. The van der Waals surface area contributed by atoms with Gasteiger partial charge < -0.3 is 7.10 Å². The van der Waals surface area contributed by atoms with Crippen molar-refractivity contribution >= 4 is 49.4 Å². The van der Waals surface area contributed by atoms with Gasteiger partial charge in [0.1, 0.15) is 0 Å². The molecule has 0 saturated carbocycles. The molecule has 0 aliphatic carbocycles. The normalized spacial score (nSPS) is 15.8. The summed E-state index contributed by atoms with van der Waals surface area (Å²) in [7, 11) is 0. The number of hydrogen-bond acceptors (Lipinski definition) is 2. The Morgan fingerprint density at radius 1 is 0.347 bits per heavy atom. The van der Waals surface area contributed by atoms with Crippen molar-refractivity contribution in [3.63, 3.8) is 0 Å². The van der Waals surface area contributed by atoms with Gasteiger partial charge in [-0.25, -0.2) is 9.98 Å². The maximum absolute atomic E-state index is 5.45. The largest absolute Gasteiger partial charge is 0.558 e. The Labute approximate surface area is 290 Å². The van der Waals surface area contributed by atoms with Crippen LogP contribution in [-0.4, -0.2) is 34.2 Å². The standard InChI is InChI=1S/C44H28N4.Al.H/c1-5-13-29(14-6-1)41-33-21-23-35(45-33)42(30-15-7-2-8-16-30)37-25-27-39(47-37)44(32-19-11-4-12-20-32)40-28-26-38(48-40)43(31-17-9-3-10-18-31)36-24-22-34(41)46-36;;/h1-28H;;/q-2;+2;. The van der Waals surface area contributed by atoms with Crippen molar-refractivity contribution < 1.29 is 0 Å². The monoisotopic (exact) mass is 640 g/mol.